The van der Waals surface area contributed by atoms with E-state index in [1.54, 1.807) is 44.1 Å². The van der Waals surface area contributed by atoms with Crippen molar-refractivity contribution < 1.29 is 22.3 Å². The SMILES string of the molecule is CC(C)Oc1ccc(C2=C3C(=CN=CN3N)N(C(C)c3oc4cccc(F)c4c(=O)c3-c3cccc(F)c3)N2)cc1F. The summed E-state index contributed by atoms with van der Waals surface area (Å²) in [5.41, 5.74) is 4.78. The minimum atomic E-state index is -0.752. The van der Waals surface area contributed by atoms with E-state index in [1.807, 2.05) is 0 Å². The molecule has 214 valence electrons. The summed E-state index contributed by atoms with van der Waals surface area (Å²) in [5, 5.41) is 2.71. The van der Waals surface area contributed by atoms with E-state index in [0.29, 0.717) is 22.7 Å². The van der Waals surface area contributed by atoms with E-state index >= 15 is 4.39 Å². The minimum absolute atomic E-state index is 0.00199. The van der Waals surface area contributed by atoms with E-state index in [-0.39, 0.29) is 39.7 Å². The van der Waals surface area contributed by atoms with Crippen LogP contribution in [0.3, 0.4) is 0 Å². The maximum Gasteiger partial charge on any atom is 0.203 e. The first-order chi connectivity index (χ1) is 20.1. The van der Waals surface area contributed by atoms with Gasteiger partial charge in [0.1, 0.15) is 52.1 Å². The van der Waals surface area contributed by atoms with Crippen molar-refractivity contribution in [1.29, 1.82) is 0 Å². The van der Waals surface area contributed by atoms with Crippen LogP contribution < -0.4 is 21.4 Å². The molecule has 0 bridgehead atoms. The molecule has 3 aromatic carbocycles. The Hall–Kier alpha value is -5.03. The lowest BCUT2D eigenvalue weighted by atomic mass is 9.98. The third kappa shape index (κ3) is 4.57. The van der Waals surface area contributed by atoms with Crippen LogP contribution in [-0.2, 0) is 0 Å². The number of hydrazine groups is 2. The molecule has 42 heavy (non-hydrogen) atoms. The standard InChI is InChI=1S/C31H26F3N5O3/c1-16(2)41-24-11-10-19(13-22(24)34)28-29-23(14-36-15-38(29)35)39(37-28)17(3)31-26(18-6-4-7-20(32)12-18)30(40)27-21(33)8-5-9-25(27)42-31/h4-17,37H,35H2,1-3H3. The summed E-state index contributed by atoms with van der Waals surface area (Å²) >= 11 is 0. The number of benzene rings is 3. The van der Waals surface area contributed by atoms with Gasteiger partial charge >= 0.3 is 0 Å². The quantitative estimate of drug-likeness (QED) is 0.274. The summed E-state index contributed by atoms with van der Waals surface area (Å²) in [4.78, 5) is 18.0. The van der Waals surface area contributed by atoms with Gasteiger partial charge < -0.3 is 9.15 Å². The van der Waals surface area contributed by atoms with Crippen LogP contribution in [0.25, 0.3) is 27.8 Å². The molecule has 0 radical (unpaired) electrons. The molecule has 0 spiro atoms. The number of ether oxygens (including phenoxy) is 1. The van der Waals surface area contributed by atoms with E-state index in [9.17, 15) is 13.6 Å². The number of aliphatic imine (C=N–C) groups is 1. The first kappa shape index (κ1) is 27.2. The molecule has 1 aromatic heterocycles. The molecule has 0 aliphatic carbocycles. The zero-order valence-corrected chi connectivity index (χ0v) is 22.9. The van der Waals surface area contributed by atoms with Crippen molar-refractivity contribution in [3.05, 3.63) is 117 Å². The molecule has 8 nitrogen and oxygen atoms in total. The number of fused-ring (bicyclic) bond motifs is 2. The molecular weight excluding hydrogens is 547 g/mol. The van der Waals surface area contributed by atoms with Gasteiger partial charge in [-0.15, -0.1) is 0 Å². The summed E-state index contributed by atoms with van der Waals surface area (Å²) in [7, 11) is 0. The van der Waals surface area contributed by atoms with Gasteiger partial charge in [-0.25, -0.2) is 24.0 Å². The molecule has 4 aromatic rings. The Morgan fingerprint density at radius 3 is 2.50 bits per heavy atom. The van der Waals surface area contributed by atoms with Crippen molar-refractivity contribution in [1.82, 2.24) is 15.4 Å². The van der Waals surface area contributed by atoms with Gasteiger partial charge in [0.05, 0.1) is 23.6 Å². The number of halogens is 3. The van der Waals surface area contributed by atoms with Crippen molar-refractivity contribution in [2.45, 2.75) is 32.9 Å². The highest BCUT2D eigenvalue weighted by Gasteiger charge is 2.37. The lowest BCUT2D eigenvalue weighted by molar-refractivity contribution is 0.215. The van der Waals surface area contributed by atoms with Gasteiger partial charge in [-0.2, -0.15) is 0 Å². The second kappa shape index (κ2) is 10.4. The van der Waals surface area contributed by atoms with Crippen LogP contribution in [0.1, 0.15) is 38.1 Å². The average molecular weight is 574 g/mol. The molecule has 3 heterocycles. The lowest BCUT2D eigenvalue weighted by Gasteiger charge is -2.30. The number of hydrogen-bond donors (Lipinski definition) is 2. The van der Waals surface area contributed by atoms with E-state index in [1.165, 1.54) is 59.9 Å². The fraction of sp³-hybridized carbons (Fsp3) is 0.161. The molecule has 0 saturated heterocycles. The van der Waals surface area contributed by atoms with Crippen molar-refractivity contribution in [2.24, 2.45) is 10.8 Å². The Balaban J connectivity index is 1.49. The van der Waals surface area contributed by atoms with E-state index in [2.05, 4.69) is 10.4 Å². The van der Waals surface area contributed by atoms with Gasteiger partial charge in [-0.05, 0) is 68.8 Å². The maximum absolute atomic E-state index is 15.0. The zero-order chi connectivity index (χ0) is 29.7. The normalized spacial score (nSPS) is 15.3. The summed E-state index contributed by atoms with van der Waals surface area (Å²) in [5.74, 6) is 4.65. The van der Waals surface area contributed by atoms with Crippen LogP contribution in [0.4, 0.5) is 13.2 Å². The highest BCUT2D eigenvalue weighted by atomic mass is 19.1. The molecule has 3 N–H and O–H groups in total. The molecule has 0 fully saturated rings. The average Bonchev–Trinajstić information content (AvgIpc) is 3.34. The summed E-state index contributed by atoms with van der Waals surface area (Å²) in [6, 6.07) is 13.4. The third-order valence-electron chi connectivity index (χ3n) is 6.98. The summed E-state index contributed by atoms with van der Waals surface area (Å²) in [6.07, 6.45) is 2.75. The molecular formula is C31H26F3N5O3. The number of rotatable bonds is 6. The molecule has 11 heteroatoms. The summed E-state index contributed by atoms with van der Waals surface area (Å²) < 4.78 is 55.9. The highest BCUT2D eigenvalue weighted by molar-refractivity contribution is 5.84. The Labute approximate surface area is 238 Å². The Bertz CT molecular complexity index is 1880. The van der Waals surface area contributed by atoms with Gasteiger partial charge in [0.2, 0.25) is 5.43 Å². The minimum Gasteiger partial charge on any atom is -0.488 e. The number of nitrogens with zero attached hydrogens (tertiary/aromatic N) is 3. The Kier molecular flexibility index (Phi) is 6.74. The molecule has 0 saturated carbocycles. The molecule has 2 aliphatic heterocycles. The maximum atomic E-state index is 15.0. The van der Waals surface area contributed by atoms with Crippen LogP contribution in [0, 0.1) is 17.5 Å². The van der Waals surface area contributed by atoms with Crippen molar-refractivity contribution >= 4 is 23.0 Å². The second-order valence-corrected chi connectivity index (χ2v) is 10.2. The molecule has 0 amide bonds. The van der Waals surface area contributed by atoms with Crippen molar-refractivity contribution in [3.8, 4) is 16.9 Å². The van der Waals surface area contributed by atoms with Crippen LogP contribution in [0.2, 0.25) is 0 Å². The van der Waals surface area contributed by atoms with Gasteiger partial charge in [0.15, 0.2) is 11.6 Å². The largest absolute Gasteiger partial charge is 0.488 e. The predicted octanol–water partition coefficient (Wildman–Crippen LogP) is 5.97. The van der Waals surface area contributed by atoms with E-state index < -0.39 is 28.9 Å². The topological polar surface area (TPSA) is 96.3 Å². The fourth-order valence-corrected chi connectivity index (χ4v) is 5.15. The first-order valence-electron chi connectivity index (χ1n) is 13.2. The zero-order valence-electron chi connectivity index (χ0n) is 22.9. The Morgan fingerprint density at radius 2 is 1.76 bits per heavy atom. The smallest absolute Gasteiger partial charge is 0.203 e. The van der Waals surface area contributed by atoms with Crippen molar-refractivity contribution in [2.75, 3.05) is 0 Å². The molecule has 1 atom stereocenters. The van der Waals surface area contributed by atoms with Crippen LogP contribution in [0.5, 0.6) is 5.75 Å². The van der Waals surface area contributed by atoms with Gasteiger partial charge in [0, 0.05) is 5.56 Å². The van der Waals surface area contributed by atoms with Crippen molar-refractivity contribution in [3.63, 3.8) is 0 Å². The molecule has 1 unspecified atom stereocenters. The monoisotopic (exact) mass is 573 g/mol. The van der Waals surface area contributed by atoms with E-state index in [4.69, 9.17) is 15.0 Å². The lowest BCUT2D eigenvalue weighted by Crippen LogP contribution is -2.36. The van der Waals surface area contributed by atoms with Crippen LogP contribution in [-0.4, -0.2) is 22.5 Å². The van der Waals surface area contributed by atoms with Gasteiger partial charge in [-0.3, -0.25) is 20.2 Å². The predicted molar refractivity (Wildman–Crippen MR) is 153 cm³/mol. The Morgan fingerprint density at radius 1 is 0.976 bits per heavy atom. The van der Waals surface area contributed by atoms with Gasteiger partial charge in [0.25, 0.3) is 0 Å². The first-order valence-corrected chi connectivity index (χ1v) is 13.2. The fourth-order valence-electron chi connectivity index (χ4n) is 5.15. The van der Waals surface area contributed by atoms with Crippen LogP contribution in [0.15, 0.2) is 92.5 Å². The van der Waals surface area contributed by atoms with Gasteiger partial charge in [-0.1, -0.05) is 18.2 Å². The number of nitrogens with two attached hydrogens (primary N) is 1. The summed E-state index contributed by atoms with van der Waals surface area (Å²) in [6.45, 7) is 5.36. The molecule has 6 rings (SSSR count). The van der Waals surface area contributed by atoms with Crippen LogP contribution >= 0.6 is 0 Å². The van der Waals surface area contributed by atoms with E-state index in [0.717, 1.165) is 0 Å². The molecule has 2 aliphatic rings. The second-order valence-electron chi connectivity index (χ2n) is 10.2. The third-order valence-corrected chi connectivity index (χ3v) is 6.98. The number of nitrogens with one attached hydrogen (secondary N) is 1. The highest BCUT2D eigenvalue weighted by Crippen LogP contribution is 2.41. The number of hydrogen-bond acceptors (Lipinski definition) is 8.